The predicted molar refractivity (Wildman–Crippen MR) is 48.8 cm³/mol. The quantitative estimate of drug-likeness (QED) is 0.269. The summed E-state index contributed by atoms with van der Waals surface area (Å²) in [5.74, 6) is 1.61. The number of hydrogen-bond acceptors (Lipinski definition) is 4. The maximum Gasteiger partial charge on any atom is 0.0910 e. The largest absolute Gasteiger partial charge is 0.237 e. The van der Waals surface area contributed by atoms with Crippen LogP contribution in [0, 0.1) is 0 Å². The summed E-state index contributed by atoms with van der Waals surface area (Å²) in [7, 11) is 0. The second kappa shape index (κ2) is 9.62. The average Bonchev–Trinajstić information content (AvgIpc) is 1.97. The summed E-state index contributed by atoms with van der Waals surface area (Å²) in [5, 5.41) is 0. The molecule has 0 aliphatic rings. The first kappa shape index (κ1) is 10.6. The van der Waals surface area contributed by atoms with E-state index in [1.807, 2.05) is 0 Å². The van der Waals surface area contributed by atoms with Crippen LogP contribution in [0.15, 0.2) is 0 Å². The van der Waals surface area contributed by atoms with Crippen LogP contribution >= 0.6 is 25.3 Å². The van der Waals surface area contributed by atoms with Gasteiger partial charge in [-0.2, -0.15) is 25.3 Å². The lowest BCUT2D eigenvalue weighted by molar-refractivity contribution is -0.290. The van der Waals surface area contributed by atoms with Gasteiger partial charge in [0.2, 0.25) is 0 Å². The van der Waals surface area contributed by atoms with Gasteiger partial charge in [-0.25, -0.2) is 9.78 Å². The van der Waals surface area contributed by atoms with Crippen LogP contribution in [0.25, 0.3) is 0 Å². The van der Waals surface area contributed by atoms with Gasteiger partial charge in [-0.1, -0.05) is 0 Å². The highest BCUT2D eigenvalue weighted by Gasteiger charge is 1.87. The van der Waals surface area contributed by atoms with E-state index in [0.29, 0.717) is 19.0 Å². The van der Waals surface area contributed by atoms with Crippen molar-refractivity contribution in [2.24, 2.45) is 0 Å². The van der Waals surface area contributed by atoms with Gasteiger partial charge in [0.15, 0.2) is 0 Å². The van der Waals surface area contributed by atoms with E-state index in [4.69, 9.17) is 9.78 Å². The molecule has 0 aliphatic heterocycles. The van der Waals surface area contributed by atoms with Crippen molar-refractivity contribution in [3.05, 3.63) is 0 Å². The van der Waals surface area contributed by atoms with Gasteiger partial charge in [-0.15, -0.1) is 0 Å². The Balaban J connectivity index is 2.65. The third-order valence-electron chi connectivity index (χ3n) is 0.894. The normalized spacial score (nSPS) is 10.2. The van der Waals surface area contributed by atoms with E-state index in [9.17, 15) is 0 Å². The van der Waals surface area contributed by atoms with Crippen LogP contribution in [-0.2, 0) is 9.78 Å². The van der Waals surface area contributed by atoms with E-state index in [0.717, 1.165) is 18.6 Å². The zero-order chi connectivity index (χ0) is 7.66. The predicted octanol–water partition coefficient (Wildman–Crippen LogP) is 1.57. The lowest BCUT2D eigenvalue weighted by atomic mass is 10.4. The Morgan fingerprint density at radius 2 is 1.50 bits per heavy atom. The highest BCUT2D eigenvalue weighted by Crippen LogP contribution is 1.92. The molecule has 0 heterocycles. The second-order valence-corrected chi connectivity index (χ2v) is 2.69. The van der Waals surface area contributed by atoms with E-state index in [1.54, 1.807) is 0 Å². The van der Waals surface area contributed by atoms with Crippen molar-refractivity contribution in [2.45, 2.75) is 12.8 Å². The molecular formula is C6H14O2S2. The van der Waals surface area contributed by atoms with Gasteiger partial charge in [0.25, 0.3) is 0 Å². The molecule has 0 rings (SSSR count). The SMILES string of the molecule is SCCCCOOCCS. The Morgan fingerprint density at radius 3 is 2.10 bits per heavy atom. The zero-order valence-electron chi connectivity index (χ0n) is 5.95. The van der Waals surface area contributed by atoms with Crippen LogP contribution in [0.2, 0.25) is 0 Å². The van der Waals surface area contributed by atoms with Crippen LogP contribution in [0.4, 0.5) is 0 Å². The maximum atomic E-state index is 4.79. The number of hydrogen-bond donors (Lipinski definition) is 2. The fourth-order valence-electron chi connectivity index (χ4n) is 0.428. The first-order valence-corrected chi connectivity index (χ1v) is 4.64. The molecule has 0 bridgehead atoms. The summed E-state index contributed by atoms with van der Waals surface area (Å²) in [5.41, 5.74) is 0. The molecule has 0 atom stereocenters. The molecule has 62 valence electrons. The Kier molecular flexibility index (Phi) is 10.2. The summed E-state index contributed by atoms with van der Waals surface area (Å²) in [6.45, 7) is 1.22. The van der Waals surface area contributed by atoms with Crippen molar-refractivity contribution < 1.29 is 9.78 Å². The molecule has 0 saturated heterocycles. The van der Waals surface area contributed by atoms with Crippen LogP contribution in [0.1, 0.15) is 12.8 Å². The minimum absolute atomic E-state index is 0.560. The van der Waals surface area contributed by atoms with Crippen LogP contribution in [-0.4, -0.2) is 24.7 Å². The minimum Gasteiger partial charge on any atom is -0.237 e. The first-order valence-electron chi connectivity index (χ1n) is 3.38. The summed E-state index contributed by atoms with van der Waals surface area (Å²) >= 11 is 8.00. The maximum absolute atomic E-state index is 4.79. The monoisotopic (exact) mass is 182 g/mol. The van der Waals surface area contributed by atoms with Crippen LogP contribution in [0.5, 0.6) is 0 Å². The molecule has 0 aromatic heterocycles. The van der Waals surface area contributed by atoms with Gasteiger partial charge >= 0.3 is 0 Å². The standard InChI is InChI=1S/C6H14O2S2/c9-5-2-1-3-7-8-4-6-10/h9-10H,1-6H2. The Hall–Kier alpha value is 0.620. The highest BCUT2D eigenvalue weighted by molar-refractivity contribution is 7.80. The van der Waals surface area contributed by atoms with Crippen LogP contribution < -0.4 is 0 Å². The molecule has 0 aliphatic carbocycles. The fraction of sp³-hybridized carbons (Fsp3) is 1.00. The van der Waals surface area contributed by atoms with E-state index in [1.165, 1.54) is 0 Å². The first-order chi connectivity index (χ1) is 4.91. The lowest BCUT2D eigenvalue weighted by Gasteiger charge is -2.00. The summed E-state index contributed by atoms with van der Waals surface area (Å²) in [6, 6.07) is 0. The molecule has 0 N–H and O–H groups in total. The third kappa shape index (κ3) is 8.62. The molecule has 0 saturated carbocycles. The lowest BCUT2D eigenvalue weighted by Crippen LogP contribution is -1.99. The molecule has 0 unspecified atom stereocenters. The molecule has 4 heteroatoms. The summed E-state index contributed by atoms with van der Waals surface area (Å²) in [6.07, 6.45) is 2.09. The third-order valence-corrected chi connectivity index (χ3v) is 1.39. The molecule has 0 aromatic rings. The van der Waals surface area contributed by atoms with Crippen molar-refractivity contribution >= 4 is 25.3 Å². The number of thiol groups is 2. The number of unbranched alkanes of at least 4 members (excludes halogenated alkanes) is 1. The summed E-state index contributed by atoms with van der Waals surface area (Å²) < 4.78 is 0. The number of rotatable bonds is 7. The average molecular weight is 182 g/mol. The van der Waals surface area contributed by atoms with E-state index >= 15 is 0 Å². The highest BCUT2D eigenvalue weighted by atomic mass is 32.1. The van der Waals surface area contributed by atoms with Crippen molar-refractivity contribution in [3.63, 3.8) is 0 Å². The van der Waals surface area contributed by atoms with Crippen LogP contribution in [0.3, 0.4) is 0 Å². The zero-order valence-corrected chi connectivity index (χ0v) is 7.74. The molecule has 0 fully saturated rings. The molecule has 0 spiro atoms. The van der Waals surface area contributed by atoms with Gasteiger partial charge in [0.1, 0.15) is 0 Å². The topological polar surface area (TPSA) is 18.5 Å². The van der Waals surface area contributed by atoms with Gasteiger partial charge in [0, 0.05) is 5.75 Å². The van der Waals surface area contributed by atoms with Gasteiger partial charge in [-0.3, -0.25) is 0 Å². The minimum atomic E-state index is 0.560. The Bertz CT molecular complexity index is 53.7. The molecule has 0 radical (unpaired) electrons. The molecule has 0 amide bonds. The van der Waals surface area contributed by atoms with E-state index in [2.05, 4.69) is 25.3 Å². The van der Waals surface area contributed by atoms with Crippen molar-refractivity contribution in [3.8, 4) is 0 Å². The van der Waals surface area contributed by atoms with E-state index < -0.39 is 0 Å². The van der Waals surface area contributed by atoms with Crippen molar-refractivity contribution in [1.82, 2.24) is 0 Å². The summed E-state index contributed by atoms with van der Waals surface area (Å²) in [4.78, 5) is 9.52. The van der Waals surface area contributed by atoms with E-state index in [-0.39, 0.29) is 0 Å². The smallest absolute Gasteiger partial charge is 0.0910 e. The van der Waals surface area contributed by atoms with Crippen molar-refractivity contribution in [1.29, 1.82) is 0 Å². The van der Waals surface area contributed by atoms with Crippen molar-refractivity contribution in [2.75, 3.05) is 24.7 Å². The molecule has 0 aromatic carbocycles. The Morgan fingerprint density at radius 1 is 0.800 bits per heavy atom. The Labute approximate surface area is 73.0 Å². The molecule has 2 nitrogen and oxygen atoms in total. The van der Waals surface area contributed by atoms with Gasteiger partial charge < -0.3 is 0 Å². The molecular weight excluding hydrogens is 168 g/mol. The fourth-order valence-corrected chi connectivity index (χ4v) is 0.726. The molecule has 10 heavy (non-hydrogen) atoms. The van der Waals surface area contributed by atoms with Gasteiger partial charge in [0.05, 0.1) is 13.2 Å². The van der Waals surface area contributed by atoms with Gasteiger partial charge in [-0.05, 0) is 18.6 Å². The second-order valence-electron chi connectivity index (χ2n) is 1.80.